The Morgan fingerprint density at radius 2 is 2.27 bits per heavy atom. The van der Waals surface area contributed by atoms with Crippen LogP contribution in [0.15, 0.2) is 22.6 Å². The lowest BCUT2D eigenvalue weighted by atomic mass is 10.3. The van der Waals surface area contributed by atoms with Crippen molar-refractivity contribution in [2.75, 3.05) is 6.61 Å². The van der Waals surface area contributed by atoms with Crippen molar-refractivity contribution in [1.29, 1.82) is 0 Å². The van der Waals surface area contributed by atoms with Gasteiger partial charge < -0.3 is 9.15 Å². The fourth-order valence-electron chi connectivity index (χ4n) is 1.27. The molecule has 0 aliphatic carbocycles. The molecule has 1 aromatic heterocycles. The zero-order chi connectivity index (χ0) is 10.8. The maximum Gasteiger partial charge on any atom is 0.313 e. The number of alkyl halides is 2. The van der Waals surface area contributed by atoms with E-state index in [0.29, 0.717) is 23.5 Å². The van der Waals surface area contributed by atoms with Gasteiger partial charge in [0.25, 0.3) is 5.89 Å². The van der Waals surface area contributed by atoms with Crippen LogP contribution in [0.4, 0.5) is 8.78 Å². The molecule has 0 amide bonds. The molecular weight excluding hydrogens is 204 g/mol. The van der Waals surface area contributed by atoms with Gasteiger partial charge in [-0.15, -0.1) is 0 Å². The van der Waals surface area contributed by atoms with Crippen LogP contribution in [0.25, 0.3) is 11.1 Å². The molecule has 1 aromatic carbocycles. The lowest BCUT2D eigenvalue weighted by Gasteiger charge is -2.00. The number of oxazole rings is 1. The first-order valence-corrected chi connectivity index (χ1v) is 4.52. The van der Waals surface area contributed by atoms with Crippen LogP contribution in [0, 0.1) is 0 Å². The second-order valence-electron chi connectivity index (χ2n) is 2.92. The van der Waals surface area contributed by atoms with Crippen LogP contribution in [0.1, 0.15) is 19.2 Å². The van der Waals surface area contributed by atoms with Gasteiger partial charge in [0.15, 0.2) is 5.58 Å². The third kappa shape index (κ3) is 1.91. The largest absolute Gasteiger partial charge is 0.494 e. The van der Waals surface area contributed by atoms with E-state index < -0.39 is 12.3 Å². The molecule has 5 heteroatoms. The molecular formula is C10H9F2NO2. The van der Waals surface area contributed by atoms with E-state index in [0.717, 1.165) is 0 Å². The lowest BCUT2D eigenvalue weighted by molar-refractivity contribution is 0.117. The van der Waals surface area contributed by atoms with Crippen LogP contribution in [0.2, 0.25) is 0 Å². The maximum absolute atomic E-state index is 12.3. The number of benzene rings is 1. The standard InChI is InChI=1S/C10H9F2NO2/c1-2-14-6-3-4-8-7(5-6)13-10(15-8)9(11)12/h3-5,9H,2H2,1H3. The van der Waals surface area contributed by atoms with Crippen molar-refractivity contribution in [3.05, 3.63) is 24.1 Å². The van der Waals surface area contributed by atoms with Crippen LogP contribution in [0.3, 0.4) is 0 Å². The van der Waals surface area contributed by atoms with Crippen molar-refractivity contribution < 1.29 is 17.9 Å². The zero-order valence-corrected chi connectivity index (χ0v) is 8.04. The molecule has 15 heavy (non-hydrogen) atoms. The Labute approximate surface area is 84.7 Å². The molecule has 1 heterocycles. The molecule has 0 atom stereocenters. The van der Waals surface area contributed by atoms with Gasteiger partial charge in [0, 0.05) is 6.07 Å². The van der Waals surface area contributed by atoms with Crippen molar-refractivity contribution in [3.8, 4) is 5.75 Å². The Hall–Kier alpha value is -1.65. The Kier molecular flexibility index (Phi) is 2.53. The number of fused-ring (bicyclic) bond motifs is 1. The van der Waals surface area contributed by atoms with Gasteiger partial charge >= 0.3 is 6.43 Å². The quantitative estimate of drug-likeness (QED) is 0.785. The Bertz CT molecular complexity index is 467. The van der Waals surface area contributed by atoms with Gasteiger partial charge in [-0.25, -0.2) is 4.98 Å². The van der Waals surface area contributed by atoms with Gasteiger partial charge in [-0.2, -0.15) is 8.78 Å². The smallest absolute Gasteiger partial charge is 0.313 e. The summed E-state index contributed by atoms with van der Waals surface area (Å²) < 4.78 is 34.6. The third-order valence-corrected chi connectivity index (χ3v) is 1.87. The molecule has 0 bridgehead atoms. The van der Waals surface area contributed by atoms with Crippen molar-refractivity contribution >= 4 is 11.1 Å². The summed E-state index contributed by atoms with van der Waals surface area (Å²) in [5, 5.41) is 0. The minimum Gasteiger partial charge on any atom is -0.494 e. The first kappa shape index (κ1) is 9.89. The fraction of sp³-hybridized carbons (Fsp3) is 0.300. The first-order valence-electron chi connectivity index (χ1n) is 4.52. The highest BCUT2D eigenvalue weighted by molar-refractivity contribution is 5.74. The number of nitrogens with zero attached hydrogens (tertiary/aromatic N) is 1. The van der Waals surface area contributed by atoms with Gasteiger partial charge in [-0.1, -0.05) is 0 Å². The van der Waals surface area contributed by atoms with E-state index in [9.17, 15) is 8.78 Å². The number of hydrogen-bond acceptors (Lipinski definition) is 3. The van der Waals surface area contributed by atoms with Crippen molar-refractivity contribution in [1.82, 2.24) is 4.98 Å². The SMILES string of the molecule is CCOc1ccc2oc(C(F)F)nc2c1. The highest BCUT2D eigenvalue weighted by Gasteiger charge is 2.15. The fourth-order valence-corrected chi connectivity index (χ4v) is 1.27. The van der Waals surface area contributed by atoms with Crippen molar-refractivity contribution in [3.63, 3.8) is 0 Å². The van der Waals surface area contributed by atoms with Gasteiger partial charge in [-0.3, -0.25) is 0 Å². The lowest BCUT2D eigenvalue weighted by Crippen LogP contribution is -1.90. The van der Waals surface area contributed by atoms with E-state index in [1.165, 1.54) is 0 Å². The van der Waals surface area contributed by atoms with Crippen molar-refractivity contribution in [2.45, 2.75) is 13.3 Å². The molecule has 0 unspecified atom stereocenters. The maximum atomic E-state index is 12.3. The van der Waals surface area contributed by atoms with Crippen LogP contribution in [-0.2, 0) is 0 Å². The van der Waals surface area contributed by atoms with Crippen molar-refractivity contribution in [2.24, 2.45) is 0 Å². The number of halogens is 2. The molecule has 80 valence electrons. The summed E-state index contributed by atoms with van der Waals surface area (Å²) in [4.78, 5) is 3.66. The molecule has 0 fully saturated rings. The second-order valence-corrected chi connectivity index (χ2v) is 2.92. The summed E-state index contributed by atoms with van der Waals surface area (Å²) in [6.07, 6.45) is -2.69. The Morgan fingerprint density at radius 1 is 1.47 bits per heavy atom. The topological polar surface area (TPSA) is 35.3 Å². The average Bonchev–Trinajstić information content (AvgIpc) is 2.61. The van der Waals surface area contributed by atoms with Crippen LogP contribution in [0.5, 0.6) is 5.75 Å². The summed E-state index contributed by atoms with van der Waals surface area (Å²) in [7, 11) is 0. The molecule has 0 saturated carbocycles. The number of aromatic nitrogens is 1. The molecule has 0 spiro atoms. The summed E-state index contributed by atoms with van der Waals surface area (Å²) >= 11 is 0. The van der Waals surface area contributed by atoms with Gasteiger partial charge in [0.05, 0.1) is 6.61 Å². The molecule has 2 rings (SSSR count). The normalized spacial score (nSPS) is 11.2. The number of ether oxygens (including phenoxy) is 1. The number of rotatable bonds is 3. The average molecular weight is 213 g/mol. The van der Waals surface area contributed by atoms with E-state index >= 15 is 0 Å². The Balaban J connectivity index is 2.43. The van der Waals surface area contributed by atoms with Crippen LogP contribution < -0.4 is 4.74 Å². The Morgan fingerprint density at radius 3 is 2.93 bits per heavy atom. The summed E-state index contributed by atoms with van der Waals surface area (Å²) in [5.74, 6) is 0.0396. The molecule has 0 saturated heterocycles. The zero-order valence-electron chi connectivity index (χ0n) is 8.04. The second kappa shape index (κ2) is 3.84. The molecule has 0 N–H and O–H groups in total. The van der Waals surface area contributed by atoms with E-state index in [1.54, 1.807) is 18.2 Å². The van der Waals surface area contributed by atoms with E-state index in [-0.39, 0.29) is 0 Å². The molecule has 3 nitrogen and oxygen atoms in total. The first-order chi connectivity index (χ1) is 7.20. The van der Waals surface area contributed by atoms with E-state index in [2.05, 4.69) is 4.98 Å². The van der Waals surface area contributed by atoms with Gasteiger partial charge in [0.1, 0.15) is 11.3 Å². The summed E-state index contributed by atoms with van der Waals surface area (Å²) in [6.45, 7) is 2.36. The van der Waals surface area contributed by atoms with E-state index in [4.69, 9.17) is 9.15 Å². The van der Waals surface area contributed by atoms with E-state index in [1.807, 2.05) is 6.92 Å². The minimum atomic E-state index is -2.69. The molecule has 0 aliphatic heterocycles. The van der Waals surface area contributed by atoms with Gasteiger partial charge in [-0.05, 0) is 19.1 Å². The van der Waals surface area contributed by atoms with Crippen LogP contribution >= 0.6 is 0 Å². The molecule has 2 aromatic rings. The summed E-state index contributed by atoms with van der Waals surface area (Å²) in [6, 6.07) is 4.81. The predicted molar refractivity (Wildman–Crippen MR) is 50.1 cm³/mol. The third-order valence-electron chi connectivity index (χ3n) is 1.87. The monoisotopic (exact) mass is 213 g/mol. The minimum absolute atomic E-state index is 0.341. The molecule has 0 aliphatic rings. The van der Waals surface area contributed by atoms with Gasteiger partial charge in [0.2, 0.25) is 0 Å². The number of hydrogen-bond donors (Lipinski definition) is 0. The summed E-state index contributed by atoms with van der Waals surface area (Å²) in [5.41, 5.74) is 0.727. The molecule has 0 radical (unpaired) electrons. The predicted octanol–water partition coefficient (Wildman–Crippen LogP) is 3.16. The highest BCUT2D eigenvalue weighted by Crippen LogP contribution is 2.26. The highest BCUT2D eigenvalue weighted by atomic mass is 19.3. The van der Waals surface area contributed by atoms with Crippen LogP contribution in [-0.4, -0.2) is 11.6 Å².